The van der Waals surface area contributed by atoms with E-state index in [1.165, 1.54) is 16.9 Å². The molecule has 0 fully saturated rings. The third-order valence-electron chi connectivity index (χ3n) is 3.35. The Hall–Kier alpha value is -1.33. The molecule has 0 atom stereocenters. The minimum Gasteiger partial charge on any atom is -0.325 e. The maximum absolute atomic E-state index is 4.80. The number of fused-ring (bicyclic) bond motifs is 1. The molecule has 1 aromatic carbocycles. The summed E-state index contributed by atoms with van der Waals surface area (Å²) < 4.78 is 2.16. The molecule has 2 heterocycles. The topological polar surface area (TPSA) is 20.5 Å². The predicted molar refractivity (Wildman–Crippen MR) is 89.6 cm³/mol. The molecule has 3 nitrogen and oxygen atoms in total. The van der Waals surface area contributed by atoms with Gasteiger partial charge < -0.3 is 4.90 Å². The highest BCUT2D eigenvalue weighted by atomic mass is 79.9. The Morgan fingerprint density at radius 3 is 2.95 bits per heavy atom. The lowest BCUT2D eigenvalue weighted by Crippen LogP contribution is -2.18. The van der Waals surface area contributed by atoms with Gasteiger partial charge in [0.2, 0.25) is 0 Å². The fraction of sp³-hybridized carbons (Fsp3) is 0.267. The van der Waals surface area contributed by atoms with Gasteiger partial charge >= 0.3 is 0 Å². The SMILES string of the molecule is CCN(c1cccc(C)c1)c1nc2sccn2c1CBr. The van der Waals surface area contributed by atoms with Crippen molar-refractivity contribution in [3.8, 4) is 0 Å². The molecule has 0 saturated heterocycles. The third-order valence-corrected chi connectivity index (χ3v) is 4.64. The highest BCUT2D eigenvalue weighted by molar-refractivity contribution is 9.08. The number of rotatable bonds is 4. The zero-order valence-electron chi connectivity index (χ0n) is 11.5. The number of imidazole rings is 1. The van der Waals surface area contributed by atoms with E-state index >= 15 is 0 Å². The lowest BCUT2D eigenvalue weighted by Gasteiger charge is -2.22. The van der Waals surface area contributed by atoms with Gasteiger partial charge in [-0.3, -0.25) is 4.40 Å². The average Bonchev–Trinajstić information content (AvgIpc) is 3.00. The quantitative estimate of drug-likeness (QED) is 0.633. The van der Waals surface area contributed by atoms with Crippen LogP contribution in [0.1, 0.15) is 18.2 Å². The first-order valence-corrected chi connectivity index (χ1v) is 8.59. The van der Waals surface area contributed by atoms with Crippen molar-refractivity contribution in [1.82, 2.24) is 9.38 Å². The lowest BCUT2D eigenvalue weighted by atomic mass is 10.2. The maximum atomic E-state index is 4.80. The summed E-state index contributed by atoms with van der Waals surface area (Å²) in [4.78, 5) is 8.11. The van der Waals surface area contributed by atoms with Crippen LogP contribution in [0.3, 0.4) is 0 Å². The van der Waals surface area contributed by atoms with Crippen molar-refractivity contribution in [3.63, 3.8) is 0 Å². The summed E-state index contributed by atoms with van der Waals surface area (Å²) in [7, 11) is 0. The zero-order valence-corrected chi connectivity index (χ0v) is 13.9. The Morgan fingerprint density at radius 2 is 2.25 bits per heavy atom. The van der Waals surface area contributed by atoms with Crippen LogP contribution in [0.4, 0.5) is 11.5 Å². The molecular weight excluding hydrogens is 334 g/mol. The monoisotopic (exact) mass is 349 g/mol. The Labute approximate surface area is 131 Å². The summed E-state index contributed by atoms with van der Waals surface area (Å²) in [5.74, 6) is 1.04. The Morgan fingerprint density at radius 1 is 1.40 bits per heavy atom. The Balaban J connectivity index is 2.13. The molecule has 0 aliphatic carbocycles. The van der Waals surface area contributed by atoms with E-state index in [4.69, 9.17) is 4.98 Å². The second-order valence-electron chi connectivity index (χ2n) is 4.65. The van der Waals surface area contributed by atoms with E-state index in [0.29, 0.717) is 0 Å². The van der Waals surface area contributed by atoms with Gasteiger partial charge in [-0.15, -0.1) is 11.3 Å². The molecule has 20 heavy (non-hydrogen) atoms. The molecule has 2 aromatic heterocycles. The van der Waals surface area contributed by atoms with Gasteiger partial charge in [-0.05, 0) is 31.5 Å². The van der Waals surface area contributed by atoms with E-state index < -0.39 is 0 Å². The average molecular weight is 350 g/mol. The van der Waals surface area contributed by atoms with Gasteiger partial charge in [0, 0.05) is 29.1 Å². The molecule has 0 spiro atoms. The molecule has 3 aromatic rings. The van der Waals surface area contributed by atoms with Crippen LogP contribution in [-0.4, -0.2) is 15.9 Å². The van der Waals surface area contributed by atoms with Crippen LogP contribution in [0, 0.1) is 6.92 Å². The zero-order chi connectivity index (χ0) is 14.1. The van der Waals surface area contributed by atoms with Gasteiger partial charge in [0.25, 0.3) is 0 Å². The molecule has 0 radical (unpaired) electrons. The van der Waals surface area contributed by atoms with Gasteiger partial charge in [-0.1, -0.05) is 28.1 Å². The number of alkyl halides is 1. The van der Waals surface area contributed by atoms with Crippen molar-refractivity contribution in [2.75, 3.05) is 11.4 Å². The molecule has 104 valence electrons. The number of hydrogen-bond acceptors (Lipinski definition) is 3. The van der Waals surface area contributed by atoms with Crippen LogP contribution in [0.15, 0.2) is 35.8 Å². The smallest absolute Gasteiger partial charge is 0.195 e. The van der Waals surface area contributed by atoms with E-state index in [1.807, 2.05) is 0 Å². The molecule has 0 aliphatic heterocycles. The molecule has 3 rings (SSSR count). The fourth-order valence-electron chi connectivity index (χ4n) is 2.41. The largest absolute Gasteiger partial charge is 0.325 e. The normalized spacial score (nSPS) is 11.2. The summed E-state index contributed by atoms with van der Waals surface area (Å²) in [6.07, 6.45) is 2.08. The van der Waals surface area contributed by atoms with Crippen molar-refractivity contribution in [3.05, 3.63) is 47.1 Å². The summed E-state index contributed by atoms with van der Waals surface area (Å²) in [5, 5.41) is 2.86. The van der Waals surface area contributed by atoms with Crippen molar-refractivity contribution in [2.45, 2.75) is 19.2 Å². The molecule has 0 saturated carbocycles. The number of thiazole rings is 1. The molecular formula is C15H16BrN3S. The highest BCUT2D eigenvalue weighted by Gasteiger charge is 2.18. The minimum absolute atomic E-state index is 0.794. The van der Waals surface area contributed by atoms with E-state index in [-0.39, 0.29) is 0 Å². The van der Waals surface area contributed by atoms with Gasteiger partial charge in [-0.25, -0.2) is 4.98 Å². The van der Waals surface area contributed by atoms with Crippen molar-refractivity contribution in [2.24, 2.45) is 0 Å². The van der Waals surface area contributed by atoms with Gasteiger partial charge in [0.1, 0.15) is 0 Å². The van der Waals surface area contributed by atoms with Crippen LogP contribution in [0.25, 0.3) is 4.96 Å². The van der Waals surface area contributed by atoms with Crippen LogP contribution in [-0.2, 0) is 5.33 Å². The number of anilines is 2. The molecule has 0 amide bonds. The van der Waals surface area contributed by atoms with Crippen LogP contribution in [0.2, 0.25) is 0 Å². The van der Waals surface area contributed by atoms with E-state index in [9.17, 15) is 0 Å². The number of hydrogen-bond donors (Lipinski definition) is 0. The Kier molecular flexibility index (Phi) is 3.81. The molecule has 0 bridgehead atoms. The number of aryl methyl sites for hydroxylation is 1. The van der Waals surface area contributed by atoms with Crippen LogP contribution < -0.4 is 4.90 Å². The summed E-state index contributed by atoms with van der Waals surface area (Å²) in [6.45, 7) is 5.18. The standard InChI is InChI=1S/C15H16BrN3S/c1-3-18(12-6-4-5-11(2)9-12)14-13(10-16)19-7-8-20-15(19)17-14/h4-9H,3,10H2,1-2H3. The molecule has 0 unspecified atom stereocenters. The van der Waals surface area contributed by atoms with Crippen LogP contribution in [0.5, 0.6) is 0 Å². The van der Waals surface area contributed by atoms with Crippen molar-refractivity contribution < 1.29 is 0 Å². The van der Waals surface area contributed by atoms with Gasteiger partial charge in [0.15, 0.2) is 10.8 Å². The second kappa shape index (κ2) is 5.58. The number of nitrogens with zero attached hydrogens (tertiary/aromatic N) is 3. The molecule has 0 N–H and O–H groups in total. The lowest BCUT2D eigenvalue weighted by molar-refractivity contribution is 0.982. The minimum atomic E-state index is 0.794. The first-order valence-electron chi connectivity index (χ1n) is 6.59. The first kappa shape index (κ1) is 13.6. The number of benzene rings is 1. The summed E-state index contributed by atoms with van der Waals surface area (Å²) in [6, 6.07) is 8.56. The van der Waals surface area contributed by atoms with Crippen molar-refractivity contribution in [1.29, 1.82) is 0 Å². The maximum Gasteiger partial charge on any atom is 0.195 e. The Bertz CT molecular complexity index is 732. The van der Waals surface area contributed by atoms with E-state index in [1.54, 1.807) is 11.3 Å². The number of aromatic nitrogens is 2. The number of halogens is 1. The summed E-state index contributed by atoms with van der Waals surface area (Å²) in [5.41, 5.74) is 3.66. The van der Waals surface area contributed by atoms with Gasteiger partial charge in [-0.2, -0.15) is 0 Å². The first-order chi connectivity index (χ1) is 9.74. The van der Waals surface area contributed by atoms with Crippen LogP contribution >= 0.6 is 27.3 Å². The third kappa shape index (κ3) is 2.25. The second-order valence-corrected chi connectivity index (χ2v) is 6.09. The van der Waals surface area contributed by atoms with E-state index in [2.05, 4.69) is 74.9 Å². The van der Waals surface area contributed by atoms with Crippen molar-refractivity contribution >= 4 is 43.7 Å². The molecule has 5 heteroatoms. The highest BCUT2D eigenvalue weighted by Crippen LogP contribution is 2.31. The van der Waals surface area contributed by atoms with E-state index in [0.717, 1.165) is 22.7 Å². The van der Waals surface area contributed by atoms with Gasteiger partial charge in [0.05, 0.1) is 5.69 Å². The summed E-state index contributed by atoms with van der Waals surface area (Å²) >= 11 is 5.26. The fourth-order valence-corrected chi connectivity index (χ4v) is 3.66. The molecule has 0 aliphatic rings. The predicted octanol–water partition coefficient (Wildman–Crippen LogP) is 4.76.